The van der Waals surface area contributed by atoms with Gasteiger partial charge < -0.3 is 16.3 Å². The molecule has 1 unspecified atom stereocenters. The van der Waals surface area contributed by atoms with Crippen LogP contribution < -0.4 is 11.1 Å². The van der Waals surface area contributed by atoms with E-state index in [1.165, 1.54) is 19.3 Å². The van der Waals surface area contributed by atoms with Crippen LogP contribution >= 0.6 is 0 Å². The second-order valence-electron chi connectivity index (χ2n) is 5.98. The molecule has 0 radical (unpaired) electrons. The maximum Gasteiger partial charge on any atom is 0.189 e. The van der Waals surface area contributed by atoms with E-state index in [4.69, 9.17) is 10.9 Å². The van der Waals surface area contributed by atoms with E-state index < -0.39 is 0 Å². The molecular formula is C14H22N4O. The van der Waals surface area contributed by atoms with Crippen LogP contribution in [0.5, 0.6) is 0 Å². The van der Waals surface area contributed by atoms with Gasteiger partial charge in [-0.1, -0.05) is 25.1 Å². The summed E-state index contributed by atoms with van der Waals surface area (Å²) in [5.74, 6) is 0.0594. The Bertz CT molecular complexity index is 470. The van der Waals surface area contributed by atoms with Crippen molar-refractivity contribution < 1.29 is 5.21 Å². The zero-order chi connectivity index (χ0) is 13.9. The number of nitrogens with two attached hydrogens (primary N) is 1. The van der Waals surface area contributed by atoms with Gasteiger partial charge in [0.05, 0.1) is 0 Å². The van der Waals surface area contributed by atoms with E-state index in [-0.39, 0.29) is 5.84 Å². The van der Waals surface area contributed by atoms with Gasteiger partial charge in [0.15, 0.2) is 5.84 Å². The Morgan fingerprint density at radius 2 is 2.42 bits per heavy atom. The molecule has 1 heterocycles. The molecule has 104 valence electrons. The summed E-state index contributed by atoms with van der Waals surface area (Å²) in [7, 11) is 0. The molecule has 19 heavy (non-hydrogen) atoms. The minimum atomic E-state index is 0.0594. The SMILES string of the molecule is CC1(C)CCC(NCc2cccnc2/C(N)=N/O)C1. The minimum absolute atomic E-state index is 0.0594. The molecule has 0 bridgehead atoms. The Labute approximate surface area is 113 Å². The second kappa shape index (κ2) is 5.57. The van der Waals surface area contributed by atoms with Crippen LogP contribution in [0.1, 0.15) is 44.4 Å². The van der Waals surface area contributed by atoms with Gasteiger partial charge >= 0.3 is 0 Å². The highest BCUT2D eigenvalue weighted by Crippen LogP contribution is 2.36. The van der Waals surface area contributed by atoms with Gasteiger partial charge in [-0.3, -0.25) is 4.98 Å². The smallest absolute Gasteiger partial charge is 0.189 e. The third-order valence-corrected chi connectivity index (χ3v) is 3.79. The molecule has 1 fully saturated rings. The van der Waals surface area contributed by atoms with E-state index in [0.717, 1.165) is 5.56 Å². The molecule has 5 nitrogen and oxygen atoms in total. The molecule has 0 spiro atoms. The zero-order valence-corrected chi connectivity index (χ0v) is 11.6. The zero-order valence-electron chi connectivity index (χ0n) is 11.6. The number of oxime groups is 1. The van der Waals surface area contributed by atoms with Crippen molar-refractivity contribution in [3.05, 3.63) is 29.6 Å². The molecule has 4 N–H and O–H groups in total. The van der Waals surface area contributed by atoms with Crippen LogP contribution in [0, 0.1) is 5.41 Å². The monoisotopic (exact) mass is 262 g/mol. The molecule has 0 aromatic carbocycles. The maximum atomic E-state index is 8.76. The molecule has 0 aliphatic heterocycles. The lowest BCUT2D eigenvalue weighted by Crippen LogP contribution is -2.28. The molecule has 1 aliphatic carbocycles. The molecule has 0 amide bonds. The van der Waals surface area contributed by atoms with Crippen LogP contribution in [0.3, 0.4) is 0 Å². The topological polar surface area (TPSA) is 83.5 Å². The Morgan fingerprint density at radius 1 is 1.63 bits per heavy atom. The highest BCUT2D eigenvalue weighted by Gasteiger charge is 2.30. The highest BCUT2D eigenvalue weighted by atomic mass is 16.4. The number of nitrogens with one attached hydrogen (secondary N) is 1. The van der Waals surface area contributed by atoms with Crippen molar-refractivity contribution in [2.75, 3.05) is 0 Å². The third-order valence-electron chi connectivity index (χ3n) is 3.79. The van der Waals surface area contributed by atoms with Gasteiger partial charge in [0.2, 0.25) is 0 Å². The first-order valence-electron chi connectivity index (χ1n) is 6.67. The van der Waals surface area contributed by atoms with Gasteiger partial charge in [0.1, 0.15) is 5.69 Å². The first-order valence-corrected chi connectivity index (χ1v) is 6.67. The van der Waals surface area contributed by atoms with Crippen LogP contribution in [0.4, 0.5) is 0 Å². The van der Waals surface area contributed by atoms with E-state index in [1.54, 1.807) is 6.20 Å². The van der Waals surface area contributed by atoms with Gasteiger partial charge in [-0.2, -0.15) is 0 Å². The highest BCUT2D eigenvalue weighted by molar-refractivity contribution is 5.96. The van der Waals surface area contributed by atoms with Crippen LogP contribution in [0.25, 0.3) is 0 Å². The van der Waals surface area contributed by atoms with Crippen LogP contribution in [0.15, 0.2) is 23.5 Å². The first kappa shape index (κ1) is 13.8. The molecule has 1 saturated carbocycles. The Balaban J connectivity index is 2.01. The van der Waals surface area contributed by atoms with E-state index >= 15 is 0 Å². The summed E-state index contributed by atoms with van der Waals surface area (Å²) in [4.78, 5) is 4.17. The minimum Gasteiger partial charge on any atom is -0.409 e. The molecular weight excluding hydrogens is 240 g/mol. The Morgan fingerprint density at radius 3 is 3.05 bits per heavy atom. The molecule has 5 heteroatoms. The molecule has 0 saturated heterocycles. The van der Waals surface area contributed by atoms with Crippen molar-refractivity contribution in [2.24, 2.45) is 16.3 Å². The maximum absolute atomic E-state index is 8.76. The summed E-state index contributed by atoms with van der Waals surface area (Å²) in [6, 6.07) is 4.35. The van der Waals surface area contributed by atoms with Crippen molar-refractivity contribution in [3.8, 4) is 0 Å². The van der Waals surface area contributed by atoms with Crippen molar-refractivity contribution in [1.82, 2.24) is 10.3 Å². The van der Waals surface area contributed by atoms with Crippen molar-refractivity contribution in [2.45, 2.75) is 45.7 Å². The fourth-order valence-electron chi connectivity index (χ4n) is 2.72. The molecule has 2 rings (SSSR count). The van der Waals surface area contributed by atoms with Crippen molar-refractivity contribution >= 4 is 5.84 Å². The predicted molar refractivity (Wildman–Crippen MR) is 75.0 cm³/mol. The predicted octanol–water partition coefficient (Wildman–Crippen LogP) is 1.84. The van der Waals surface area contributed by atoms with Crippen LogP contribution in [-0.4, -0.2) is 22.1 Å². The number of amidine groups is 1. The summed E-state index contributed by atoms with van der Waals surface area (Å²) >= 11 is 0. The lowest BCUT2D eigenvalue weighted by atomic mass is 9.92. The number of nitrogens with zero attached hydrogens (tertiary/aromatic N) is 2. The quantitative estimate of drug-likeness (QED) is 0.334. The van der Waals surface area contributed by atoms with E-state index in [2.05, 4.69) is 29.3 Å². The van der Waals surface area contributed by atoms with Crippen molar-refractivity contribution in [3.63, 3.8) is 0 Å². The number of aromatic nitrogens is 1. The number of hydrogen-bond acceptors (Lipinski definition) is 4. The molecule has 1 aromatic heterocycles. The summed E-state index contributed by atoms with van der Waals surface area (Å²) in [6.07, 6.45) is 5.29. The Hall–Kier alpha value is -1.62. The third kappa shape index (κ3) is 3.44. The van der Waals surface area contributed by atoms with Gasteiger partial charge in [0.25, 0.3) is 0 Å². The standard InChI is InChI=1S/C14H22N4O/c1-14(2)6-5-11(8-14)17-9-10-4-3-7-16-12(10)13(15)18-19/h3-4,7,11,17,19H,5-6,8-9H2,1-2H3,(H2,15,18). The van der Waals surface area contributed by atoms with Gasteiger partial charge in [-0.25, -0.2) is 0 Å². The van der Waals surface area contributed by atoms with Crippen molar-refractivity contribution in [1.29, 1.82) is 0 Å². The van der Waals surface area contributed by atoms with E-state index in [1.807, 2.05) is 12.1 Å². The average Bonchev–Trinajstić information content (AvgIpc) is 2.75. The second-order valence-corrected chi connectivity index (χ2v) is 5.98. The summed E-state index contributed by atoms with van der Waals surface area (Å²) in [6.45, 7) is 5.31. The fraction of sp³-hybridized carbons (Fsp3) is 0.571. The van der Waals surface area contributed by atoms with Crippen LogP contribution in [0.2, 0.25) is 0 Å². The molecule has 1 aliphatic rings. The van der Waals surface area contributed by atoms with E-state index in [9.17, 15) is 0 Å². The summed E-state index contributed by atoms with van der Waals surface area (Å²) in [5, 5.41) is 15.3. The van der Waals surface area contributed by atoms with Gasteiger partial charge in [-0.05, 0) is 36.3 Å². The number of rotatable bonds is 4. The van der Waals surface area contributed by atoms with Gasteiger partial charge in [0, 0.05) is 18.8 Å². The number of pyridine rings is 1. The van der Waals surface area contributed by atoms with E-state index in [0.29, 0.717) is 23.7 Å². The molecule has 1 aromatic rings. The summed E-state index contributed by atoms with van der Waals surface area (Å²) in [5.41, 5.74) is 7.57. The summed E-state index contributed by atoms with van der Waals surface area (Å²) < 4.78 is 0. The van der Waals surface area contributed by atoms with Gasteiger partial charge in [-0.15, -0.1) is 0 Å². The fourth-order valence-corrected chi connectivity index (χ4v) is 2.72. The average molecular weight is 262 g/mol. The first-order chi connectivity index (χ1) is 9.02. The number of hydrogen-bond donors (Lipinski definition) is 3. The molecule has 1 atom stereocenters. The lowest BCUT2D eigenvalue weighted by molar-refractivity contribution is 0.318. The van der Waals surface area contributed by atoms with Crippen LogP contribution in [-0.2, 0) is 6.54 Å². The largest absolute Gasteiger partial charge is 0.409 e. The Kier molecular flexibility index (Phi) is 4.04. The lowest BCUT2D eigenvalue weighted by Gasteiger charge is -2.18. The normalized spacial score (nSPS) is 22.6.